The minimum atomic E-state index is -3.53. The lowest BCUT2D eigenvalue weighted by molar-refractivity contribution is 0.328. The Bertz CT molecular complexity index is 514. The summed E-state index contributed by atoms with van der Waals surface area (Å²) in [6.45, 7) is 5.74. The van der Waals surface area contributed by atoms with Gasteiger partial charge in [0, 0.05) is 25.7 Å². The van der Waals surface area contributed by atoms with Crippen LogP contribution in [-0.2, 0) is 10.2 Å². The second-order valence-electron chi connectivity index (χ2n) is 4.67. The first-order valence-corrected chi connectivity index (χ1v) is 8.68. The Morgan fingerprint density at radius 2 is 1.90 bits per heavy atom. The maximum Gasteiger partial charge on any atom is 0.301 e. The number of nitrogens with two attached hydrogens (primary N) is 1. The molecule has 0 fully saturated rings. The Morgan fingerprint density at radius 3 is 2.48 bits per heavy atom. The number of nitrogens with zero attached hydrogens (tertiary/aromatic N) is 1. The minimum absolute atomic E-state index is 0.397. The van der Waals surface area contributed by atoms with E-state index in [0.717, 1.165) is 12.8 Å². The number of rotatable bonds is 10. The molecule has 0 saturated carbocycles. The van der Waals surface area contributed by atoms with Gasteiger partial charge in [-0.1, -0.05) is 19.9 Å². The number of nitrogens with one attached hydrogen (secondary N) is 1. The fourth-order valence-electron chi connectivity index (χ4n) is 1.89. The van der Waals surface area contributed by atoms with Gasteiger partial charge in [-0.2, -0.15) is 12.7 Å². The van der Waals surface area contributed by atoms with E-state index in [1.807, 2.05) is 13.8 Å². The predicted octanol–water partition coefficient (Wildman–Crippen LogP) is 1.80. The molecule has 1 aromatic rings. The molecule has 0 aromatic heterocycles. The van der Waals surface area contributed by atoms with Gasteiger partial charge in [-0.15, -0.1) is 0 Å². The van der Waals surface area contributed by atoms with E-state index >= 15 is 0 Å². The van der Waals surface area contributed by atoms with E-state index in [9.17, 15) is 8.42 Å². The first-order chi connectivity index (χ1) is 10.0. The molecule has 0 saturated heterocycles. The molecule has 3 N–H and O–H groups in total. The summed E-state index contributed by atoms with van der Waals surface area (Å²) in [5.74, 6) is 0.596. The van der Waals surface area contributed by atoms with Crippen LogP contribution in [-0.4, -0.2) is 39.0 Å². The predicted molar refractivity (Wildman–Crippen MR) is 85.7 cm³/mol. The van der Waals surface area contributed by atoms with Crippen molar-refractivity contribution < 1.29 is 13.2 Å². The van der Waals surface area contributed by atoms with E-state index in [2.05, 4.69) is 4.72 Å². The van der Waals surface area contributed by atoms with Crippen molar-refractivity contribution in [1.82, 2.24) is 4.31 Å². The summed E-state index contributed by atoms with van der Waals surface area (Å²) in [4.78, 5) is 0. The topological polar surface area (TPSA) is 84.7 Å². The van der Waals surface area contributed by atoms with Crippen LogP contribution in [0.4, 0.5) is 5.69 Å². The van der Waals surface area contributed by atoms with E-state index in [1.165, 1.54) is 4.31 Å². The van der Waals surface area contributed by atoms with Gasteiger partial charge in [0.1, 0.15) is 12.4 Å². The molecular formula is C14H25N3O3S. The van der Waals surface area contributed by atoms with Gasteiger partial charge in [0.25, 0.3) is 0 Å². The highest BCUT2D eigenvalue weighted by atomic mass is 32.2. The van der Waals surface area contributed by atoms with Crippen LogP contribution >= 0.6 is 0 Å². The number of anilines is 1. The van der Waals surface area contributed by atoms with Crippen molar-refractivity contribution in [2.75, 3.05) is 31.0 Å². The molecule has 0 atom stereocenters. The molecule has 7 heteroatoms. The van der Waals surface area contributed by atoms with E-state index in [4.69, 9.17) is 10.5 Å². The highest BCUT2D eigenvalue weighted by Crippen LogP contribution is 2.19. The molecule has 120 valence electrons. The van der Waals surface area contributed by atoms with Crippen LogP contribution in [0.25, 0.3) is 0 Å². The molecule has 0 radical (unpaired) electrons. The third-order valence-electron chi connectivity index (χ3n) is 2.75. The molecule has 0 amide bonds. The van der Waals surface area contributed by atoms with Crippen LogP contribution in [0.3, 0.4) is 0 Å². The Hall–Kier alpha value is -1.31. The van der Waals surface area contributed by atoms with Gasteiger partial charge in [-0.05, 0) is 25.0 Å². The second-order valence-corrected chi connectivity index (χ2v) is 6.34. The van der Waals surface area contributed by atoms with Crippen molar-refractivity contribution in [2.24, 2.45) is 5.73 Å². The van der Waals surface area contributed by atoms with Crippen molar-refractivity contribution in [3.63, 3.8) is 0 Å². The van der Waals surface area contributed by atoms with Crippen LogP contribution < -0.4 is 15.2 Å². The fraction of sp³-hybridized carbons (Fsp3) is 0.571. The zero-order valence-corrected chi connectivity index (χ0v) is 13.5. The number of benzene rings is 1. The highest BCUT2D eigenvalue weighted by molar-refractivity contribution is 7.90. The fourth-order valence-corrected chi connectivity index (χ4v) is 3.29. The lowest BCUT2D eigenvalue weighted by atomic mass is 10.3. The molecule has 0 heterocycles. The second kappa shape index (κ2) is 8.86. The number of ether oxygens (including phenoxy) is 1. The van der Waals surface area contributed by atoms with Gasteiger partial charge in [-0.3, -0.25) is 4.72 Å². The third kappa shape index (κ3) is 5.91. The summed E-state index contributed by atoms with van der Waals surface area (Å²) in [6.07, 6.45) is 1.56. The molecule has 0 unspecified atom stereocenters. The van der Waals surface area contributed by atoms with Crippen LogP contribution in [0.2, 0.25) is 0 Å². The summed E-state index contributed by atoms with van der Waals surface area (Å²) in [5.41, 5.74) is 5.87. The Morgan fingerprint density at radius 1 is 1.24 bits per heavy atom. The van der Waals surface area contributed by atoms with E-state index in [0.29, 0.717) is 37.7 Å². The van der Waals surface area contributed by atoms with E-state index in [1.54, 1.807) is 24.3 Å². The molecule has 1 aromatic carbocycles. The van der Waals surface area contributed by atoms with Gasteiger partial charge in [0.2, 0.25) is 0 Å². The highest BCUT2D eigenvalue weighted by Gasteiger charge is 2.20. The van der Waals surface area contributed by atoms with Gasteiger partial charge in [-0.25, -0.2) is 0 Å². The quantitative estimate of drug-likeness (QED) is 0.689. The Balaban J connectivity index is 2.82. The van der Waals surface area contributed by atoms with E-state index in [-0.39, 0.29) is 0 Å². The Labute approximate surface area is 127 Å². The maximum atomic E-state index is 12.4. The average molecular weight is 315 g/mol. The lowest BCUT2D eigenvalue weighted by Crippen LogP contribution is -2.37. The van der Waals surface area contributed by atoms with Gasteiger partial charge >= 0.3 is 10.2 Å². The number of hydrogen-bond donors (Lipinski definition) is 2. The normalized spacial score (nSPS) is 11.6. The Kier molecular flexibility index (Phi) is 7.49. The third-order valence-corrected chi connectivity index (χ3v) is 4.29. The van der Waals surface area contributed by atoms with Crippen molar-refractivity contribution in [3.8, 4) is 5.75 Å². The summed E-state index contributed by atoms with van der Waals surface area (Å²) in [7, 11) is -3.53. The largest absolute Gasteiger partial charge is 0.492 e. The van der Waals surface area contributed by atoms with Crippen LogP contribution in [0.5, 0.6) is 5.75 Å². The molecule has 0 aliphatic rings. The van der Waals surface area contributed by atoms with Crippen LogP contribution in [0, 0.1) is 0 Å². The minimum Gasteiger partial charge on any atom is -0.492 e. The SMILES string of the molecule is CCCN(CCC)S(=O)(=O)Nc1cccc(OCCN)c1. The molecule has 1 rings (SSSR count). The van der Waals surface area contributed by atoms with Crippen molar-refractivity contribution in [3.05, 3.63) is 24.3 Å². The zero-order chi connectivity index (χ0) is 15.7. The summed E-state index contributed by atoms with van der Waals surface area (Å²) in [6, 6.07) is 6.86. The van der Waals surface area contributed by atoms with Crippen molar-refractivity contribution in [1.29, 1.82) is 0 Å². The molecule has 0 spiro atoms. The molecule has 6 nitrogen and oxygen atoms in total. The molecule has 0 aliphatic carbocycles. The first kappa shape index (κ1) is 17.7. The molecule has 21 heavy (non-hydrogen) atoms. The molecule has 0 bridgehead atoms. The monoisotopic (exact) mass is 315 g/mol. The van der Waals surface area contributed by atoms with E-state index < -0.39 is 10.2 Å². The summed E-state index contributed by atoms with van der Waals surface area (Å²) >= 11 is 0. The van der Waals surface area contributed by atoms with Crippen molar-refractivity contribution >= 4 is 15.9 Å². The van der Waals surface area contributed by atoms with Crippen LogP contribution in [0.1, 0.15) is 26.7 Å². The zero-order valence-electron chi connectivity index (χ0n) is 12.7. The summed E-state index contributed by atoms with van der Waals surface area (Å²) < 4.78 is 34.2. The van der Waals surface area contributed by atoms with Gasteiger partial charge < -0.3 is 10.5 Å². The maximum absolute atomic E-state index is 12.4. The standard InChI is InChI=1S/C14H25N3O3S/c1-3-9-17(10-4-2)21(18,19)16-13-6-5-7-14(12-13)20-11-8-15/h5-7,12,16H,3-4,8-11,15H2,1-2H3. The first-order valence-electron chi connectivity index (χ1n) is 7.24. The number of hydrogen-bond acceptors (Lipinski definition) is 4. The average Bonchev–Trinajstić information content (AvgIpc) is 2.45. The van der Waals surface area contributed by atoms with Gasteiger partial charge in [0.15, 0.2) is 0 Å². The van der Waals surface area contributed by atoms with Crippen LogP contribution in [0.15, 0.2) is 24.3 Å². The van der Waals surface area contributed by atoms with Gasteiger partial charge in [0.05, 0.1) is 5.69 Å². The smallest absolute Gasteiger partial charge is 0.301 e. The van der Waals surface area contributed by atoms with Crippen molar-refractivity contribution in [2.45, 2.75) is 26.7 Å². The molecule has 0 aliphatic heterocycles. The lowest BCUT2D eigenvalue weighted by Gasteiger charge is -2.21. The summed E-state index contributed by atoms with van der Waals surface area (Å²) in [5, 5.41) is 0. The molecular weight excluding hydrogens is 290 g/mol.